The Labute approximate surface area is 163 Å². The number of carboxylic acid groups (broad SMARTS) is 1. The van der Waals surface area contributed by atoms with Gasteiger partial charge in [0.2, 0.25) is 0 Å². The van der Waals surface area contributed by atoms with Crippen molar-refractivity contribution in [2.75, 3.05) is 23.3 Å². The largest absolute Gasteiger partial charge is 0.478 e. The van der Waals surface area contributed by atoms with Crippen LogP contribution >= 0.6 is 11.6 Å². The normalized spacial score (nSPS) is 19.6. The summed E-state index contributed by atoms with van der Waals surface area (Å²) in [6.45, 7) is 6.04. The van der Waals surface area contributed by atoms with Crippen LogP contribution in [0.1, 0.15) is 41.0 Å². The van der Waals surface area contributed by atoms with Gasteiger partial charge in [0.1, 0.15) is 0 Å². The van der Waals surface area contributed by atoms with E-state index in [2.05, 4.69) is 24.1 Å². The van der Waals surface area contributed by atoms with Gasteiger partial charge in [-0.3, -0.25) is 4.79 Å². The number of amides is 1. The Balaban J connectivity index is 1.84. The smallest absolute Gasteiger partial charge is 0.337 e. The van der Waals surface area contributed by atoms with E-state index >= 15 is 0 Å². The molecule has 1 heterocycles. The molecule has 1 aliphatic rings. The second-order valence-electron chi connectivity index (χ2n) is 7.35. The SMILES string of the molecule is CC1CC(C)CN(c2ccc(NC(=O)c3ccc(Cl)cc3)cc2C(=O)O)C1. The van der Waals surface area contributed by atoms with Crippen LogP contribution in [0.15, 0.2) is 42.5 Å². The summed E-state index contributed by atoms with van der Waals surface area (Å²) in [5.41, 5.74) is 1.81. The minimum atomic E-state index is -1.00. The van der Waals surface area contributed by atoms with Crippen LogP contribution in [-0.2, 0) is 0 Å². The molecular weight excluding hydrogens is 364 g/mol. The van der Waals surface area contributed by atoms with Crippen molar-refractivity contribution < 1.29 is 14.7 Å². The highest BCUT2D eigenvalue weighted by molar-refractivity contribution is 6.30. The number of hydrogen-bond donors (Lipinski definition) is 2. The van der Waals surface area contributed by atoms with Gasteiger partial charge in [0.05, 0.1) is 11.3 Å². The number of rotatable bonds is 4. The molecule has 142 valence electrons. The van der Waals surface area contributed by atoms with Gasteiger partial charge >= 0.3 is 5.97 Å². The quantitative estimate of drug-likeness (QED) is 0.793. The minimum Gasteiger partial charge on any atom is -0.478 e. The minimum absolute atomic E-state index is 0.199. The van der Waals surface area contributed by atoms with Crippen molar-refractivity contribution in [3.05, 3.63) is 58.6 Å². The summed E-state index contributed by atoms with van der Waals surface area (Å²) in [6, 6.07) is 11.6. The zero-order valence-electron chi connectivity index (χ0n) is 15.4. The molecule has 2 aromatic carbocycles. The highest BCUT2D eigenvalue weighted by Gasteiger charge is 2.25. The molecule has 27 heavy (non-hydrogen) atoms. The number of carbonyl (C=O) groups excluding carboxylic acids is 1. The summed E-state index contributed by atoms with van der Waals surface area (Å²) < 4.78 is 0. The third-order valence-electron chi connectivity index (χ3n) is 4.80. The molecule has 2 unspecified atom stereocenters. The maximum atomic E-state index is 12.4. The highest BCUT2D eigenvalue weighted by atomic mass is 35.5. The van der Waals surface area contributed by atoms with Crippen molar-refractivity contribution in [3.63, 3.8) is 0 Å². The molecule has 6 heteroatoms. The van der Waals surface area contributed by atoms with E-state index in [0.29, 0.717) is 33.8 Å². The summed E-state index contributed by atoms with van der Waals surface area (Å²) in [5, 5.41) is 13.0. The van der Waals surface area contributed by atoms with E-state index in [0.717, 1.165) is 19.5 Å². The number of halogens is 1. The summed E-state index contributed by atoms with van der Waals surface area (Å²) >= 11 is 5.84. The zero-order chi connectivity index (χ0) is 19.6. The van der Waals surface area contributed by atoms with Crippen molar-refractivity contribution >= 4 is 34.9 Å². The lowest BCUT2D eigenvalue weighted by Crippen LogP contribution is -2.39. The number of anilines is 2. The van der Waals surface area contributed by atoms with Crippen LogP contribution in [0.2, 0.25) is 5.02 Å². The molecule has 3 rings (SSSR count). The first-order valence-corrected chi connectivity index (χ1v) is 9.40. The van der Waals surface area contributed by atoms with Gasteiger partial charge in [0.25, 0.3) is 5.91 Å². The summed E-state index contributed by atoms with van der Waals surface area (Å²) in [4.78, 5) is 26.3. The molecule has 1 aliphatic heterocycles. The van der Waals surface area contributed by atoms with Gasteiger partial charge in [-0.2, -0.15) is 0 Å². The van der Waals surface area contributed by atoms with Crippen molar-refractivity contribution in [1.82, 2.24) is 0 Å². The summed E-state index contributed by atoms with van der Waals surface area (Å²) in [5.74, 6) is -0.284. The fraction of sp³-hybridized carbons (Fsp3) is 0.333. The van der Waals surface area contributed by atoms with Gasteiger partial charge in [-0.15, -0.1) is 0 Å². The average molecular weight is 387 g/mol. The molecule has 0 aromatic heterocycles. The van der Waals surface area contributed by atoms with E-state index in [-0.39, 0.29) is 11.5 Å². The standard InChI is InChI=1S/C21H23ClN2O3/c1-13-9-14(2)12-24(11-13)19-8-7-17(10-18(19)21(26)27)23-20(25)15-3-5-16(22)6-4-15/h3-8,10,13-14H,9,11-12H2,1-2H3,(H,23,25)(H,26,27). The molecule has 1 saturated heterocycles. The predicted octanol–water partition coefficient (Wildman–Crippen LogP) is 4.77. The van der Waals surface area contributed by atoms with E-state index in [1.54, 1.807) is 36.4 Å². The predicted molar refractivity (Wildman–Crippen MR) is 108 cm³/mol. The molecule has 2 atom stereocenters. The van der Waals surface area contributed by atoms with Crippen LogP contribution in [0.5, 0.6) is 0 Å². The van der Waals surface area contributed by atoms with Gasteiger partial charge in [-0.25, -0.2) is 4.79 Å². The monoisotopic (exact) mass is 386 g/mol. The van der Waals surface area contributed by atoms with Gasteiger partial charge < -0.3 is 15.3 Å². The third kappa shape index (κ3) is 4.61. The second-order valence-corrected chi connectivity index (χ2v) is 7.79. The van der Waals surface area contributed by atoms with E-state index in [1.807, 2.05) is 0 Å². The Bertz CT molecular complexity index is 841. The van der Waals surface area contributed by atoms with Gasteiger partial charge in [0.15, 0.2) is 0 Å². The van der Waals surface area contributed by atoms with Crippen LogP contribution in [0.3, 0.4) is 0 Å². The maximum Gasteiger partial charge on any atom is 0.337 e. The third-order valence-corrected chi connectivity index (χ3v) is 5.05. The highest BCUT2D eigenvalue weighted by Crippen LogP contribution is 2.30. The molecule has 0 aliphatic carbocycles. The lowest BCUT2D eigenvalue weighted by Gasteiger charge is -2.37. The first kappa shape index (κ1) is 19.2. The number of nitrogens with one attached hydrogen (secondary N) is 1. The number of aromatic carboxylic acids is 1. The Morgan fingerprint density at radius 3 is 2.30 bits per heavy atom. The molecule has 0 bridgehead atoms. The van der Waals surface area contributed by atoms with Gasteiger partial charge in [0, 0.05) is 29.4 Å². The van der Waals surface area contributed by atoms with Crippen LogP contribution in [0.4, 0.5) is 11.4 Å². The fourth-order valence-electron chi connectivity index (χ4n) is 3.73. The van der Waals surface area contributed by atoms with Crippen LogP contribution in [0, 0.1) is 11.8 Å². The number of piperidine rings is 1. The van der Waals surface area contributed by atoms with Gasteiger partial charge in [-0.05, 0) is 60.7 Å². The number of carboxylic acids is 1. The first-order valence-electron chi connectivity index (χ1n) is 9.02. The molecule has 2 N–H and O–H groups in total. The van der Waals surface area contributed by atoms with E-state index in [9.17, 15) is 14.7 Å². The second kappa shape index (κ2) is 8.01. The van der Waals surface area contributed by atoms with Crippen LogP contribution in [-0.4, -0.2) is 30.1 Å². The Morgan fingerprint density at radius 2 is 1.70 bits per heavy atom. The topological polar surface area (TPSA) is 69.6 Å². The van der Waals surface area contributed by atoms with Crippen molar-refractivity contribution in [2.45, 2.75) is 20.3 Å². The Morgan fingerprint density at radius 1 is 1.07 bits per heavy atom. The number of carbonyl (C=O) groups is 2. The summed E-state index contributed by atoms with van der Waals surface area (Å²) in [6.07, 6.45) is 1.15. The van der Waals surface area contributed by atoms with E-state index < -0.39 is 5.97 Å². The Hall–Kier alpha value is -2.53. The van der Waals surface area contributed by atoms with E-state index in [4.69, 9.17) is 11.6 Å². The molecule has 2 aromatic rings. The number of hydrogen-bond acceptors (Lipinski definition) is 3. The number of benzene rings is 2. The molecule has 1 amide bonds. The van der Waals surface area contributed by atoms with Gasteiger partial charge in [-0.1, -0.05) is 25.4 Å². The molecule has 0 spiro atoms. The maximum absolute atomic E-state index is 12.4. The molecule has 0 radical (unpaired) electrons. The van der Waals surface area contributed by atoms with Crippen LogP contribution in [0.25, 0.3) is 0 Å². The number of nitrogens with zero attached hydrogens (tertiary/aromatic N) is 1. The average Bonchev–Trinajstić information content (AvgIpc) is 2.61. The lowest BCUT2D eigenvalue weighted by atomic mass is 9.91. The molecule has 1 fully saturated rings. The van der Waals surface area contributed by atoms with Crippen molar-refractivity contribution in [1.29, 1.82) is 0 Å². The van der Waals surface area contributed by atoms with Crippen molar-refractivity contribution in [3.8, 4) is 0 Å². The Kier molecular flexibility index (Phi) is 5.71. The summed E-state index contributed by atoms with van der Waals surface area (Å²) in [7, 11) is 0. The first-order chi connectivity index (χ1) is 12.8. The lowest BCUT2D eigenvalue weighted by molar-refractivity contribution is 0.0697. The van der Waals surface area contributed by atoms with Crippen LogP contribution < -0.4 is 10.2 Å². The van der Waals surface area contributed by atoms with E-state index in [1.165, 1.54) is 6.07 Å². The fourth-order valence-corrected chi connectivity index (χ4v) is 3.85. The zero-order valence-corrected chi connectivity index (χ0v) is 16.2. The molecular formula is C21H23ClN2O3. The molecule has 5 nitrogen and oxygen atoms in total. The van der Waals surface area contributed by atoms with Crippen molar-refractivity contribution in [2.24, 2.45) is 11.8 Å². The molecule has 0 saturated carbocycles.